The minimum atomic E-state index is -0.538. The van der Waals surface area contributed by atoms with Crippen molar-refractivity contribution in [3.63, 3.8) is 0 Å². The first-order chi connectivity index (χ1) is 14.6. The number of nitro groups is 1. The molecule has 0 saturated carbocycles. The Hall–Kier alpha value is -3.99. The maximum Gasteiger partial charge on any atom is 0.336 e. The maximum absolute atomic E-state index is 13.1. The highest BCUT2D eigenvalue weighted by atomic mass is 16.7. The third-order valence-corrected chi connectivity index (χ3v) is 4.25. The molecule has 11 nitrogen and oxygen atoms in total. The van der Waals surface area contributed by atoms with Gasteiger partial charge in [-0.15, -0.1) is 5.10 Å². The number of nitro benzene ring substituents is 1. The largest absolute Gasteiger partial charge is 0.460 e. The van der Waals surface area contributed by atoms with Crippen molar-refractivity contribution < 1.29 is 28.7 Å². The number of hydrogen-bond donors (Lipinski definition) is 0. The van der Waals surface area contributed by atoms with E-state index in [-0.39, 0.29) is 36.5 Å². The normalized spacial score (nSPS) is 12.0. The summed E-state index contributed by atoms with van der Waals surface area (Å²) in [4.78, 5) is 27.7. The fourth-order valence-corrected chi connectivity index (χ4v) is 2.78. The number of hydrogen-bond acceptors (Lipinski definition) is 9. The number of rotatable bonds is 7. The predicted octanol–water partition coefficient (Wildman–Crippen LogP) is 2.30. The van der Waals surface area contributed by atoms with Crippen molar-refractivity contribution in [3.05, 3.63) is 58.1 Å². The number of carbonyl (C=O) groups is 1. The first-order valence-electron chi connectivity index (χ1n) is 8.85. The molecule has 2 aromatic carbocycles. The van der Waals surface area contributed by atoms with Gasteiger partial charge in [0.25, 0.3) is 11.6 Å². The van der Waals surface area contributed by atoms with Gasteiger partial charge in [0.05, 0.1) is 11.5 Å². The highest BCUT2D eigenvalue weighted by molar-refractivity contribution is 5.97. The molecule has 2 heterocycles. The van der Waals surface area contributed by atoms with Gasteiger partial charge < -0.3 is 18.9 Å². The van der Waals surface area contributed by atoms with E-state index in [1.165, 1.54) is 31.4 Å². The second-order valence-electron chi connectivity index (χ2n) is 6.15. The predicted molar refractivity (Wildman–Crippen MR) is 102 cm³/mol. The van der Waals surface area contributed by atoms with Crippen molar-refractivity contribution in [2.24, 2.45) is 0 Å². The Kier molecular flexibility index (Phi) is 5.26. The van der Waals surface area contributed by atoms with Crippen LogP contribution in [0.15, 0.2) is 42.5 Å². The Balaban J connectivity index is 1.71. The number of nitrogens with zero attached hydrogens (tertiary/aromatic N) is 4. The average Bonchev–Trinajstić information content (AvgIpc) is 3.40. The van der Waals surface area contributed by atoms with Crippen LogP contribution >= 0.6 is 0 Å². The zero-order valence-corrected chi connectivity index (χ0v) is 15.8. The van der Waals surface area contributed by atoms with Crippen LogP contribution in [0.4, 0.5) is 5.69 Å². The molecule has 0 spiro atoms. The highest BCUT2D eigenvalue weighted by Gasteiger charge is 2.23. The van der Waals surface area contributed by atoms with Crippen LogP contribution in [0, 0.1) is 10.1 Å². The van der Waals surface area contributed by atoms with Crippen LogP contribution < -0.4 is 14.2 Å². The van der Waals surface area contributed by atoms with Crippen LogP contribution in [0.5, 0.6) is 17.5 Å². The molecule has 3 aromatic rings. The van der Waals surface area contributed by atoms with E-state index >= 15 is 0 Å². The Labute approximate surface area is 169 Å². The summed E-state index contributed by atoms with van der Waals surface area (Å²) in [6, 6.07) is 10.3. The molecule has 0 fully saturated rings. The number of fused-ring (bicyclic) bond motifs is 1. The molecular weight excluding hydrogens is 396 g/mol. The molecule has 4 rings (SSSR count). The fraction of sp³-hybridized carbons (Fsp3) is 0.211. The zero-order valence-electron chi connectivity index (χ0n) is 15.8. The van der Waals surface area contributed by atoms with Gasteiger partial charge in [-0.05, 0) is 30.3 Å². The van der Waals surface area contributed by atoms with Crippen LogP contribution in [-0.2, 0) is 4.74 Å². The standard InChI is InChI=1S/C19H16N4O7/c1-27-8-9-28-19-20-17(13-4-7-15-16(10-13)30-11-29-15)22(21-19)18(24)12-2-5-14(6-3-12)23(25)26/h2-7,10H,8-9,11H2,1H3. The lowest BCUT2D eigenvalue weighted by atomic mass is 10.1. The van der Waals surface area contributed by atoms with E-state index in [2.05, 4.69) is 10.1 Å². The number of ether oxygens (including phenoxy) is 4. The third-order valence-electron chi connectivity index (χ3n) is 4.25. The summed E-state index contributed by atoms with van der Waals surface area (Å²) >= 11 is 0. The van der Waals surface area contributed by atoms with Crippen molar-refractivity contribution >= 4 is 11.6 Å². The molecule has 0 N–H and O–H groups in total. The van der Waals surface area contributed by atoms with E-state index in [0.29, 0.717) is 23.7 Å². The Morgan fingerprint density at radius 3 is 2.67 bits per heavy atom. The number of carbonyl (C=O) groups excluding carboxylic acids is 1. The molecule has 0 atom stereocenters. The molecule has 0 amide bonds. The number of aromatic nitrogens is 3. The summed E-state index contributed by atoms with van der Waals surface area (Å²) in [5, 5.41) is 15.0. The number of methoxy groups -OCH3 is 1. The number of non-ortho nitro benzene ring substituents is 1. The summed E-state index contributed by atoms with van der Waals surface area (Å²) in [7, 11) is 1.53. The van der Waals surface area contributed by atoms with Crippen molar-refractivity contribution in [2.75, 3.05) is 27.1 Å². The van der Waals surface area contributed by atoms with Crippen LogP contribution in [0.2, 0.25) is 0 Å². The minimum Gasteiger partial charge on any atom is -0.460 e. The van der Waals surface area contributed by atoms with E-state index < -0.39 is 10.8 Å². The summed E-state index contributed by atoms with van der Waals surface area (Å²) in [5.74, 6) is 0.811. The smallest absolute Gasteiger partial charge is 0.336 e. The van der Waals surface area contributed by atoms with Gasteiger partial charge in [0.15, 0.2) is 17.3 Å². The van der Waals surface area contributed by atoms with Crippen LogP contribution in [-0.4, -0.2) is 52.7 Å². The molecule has 0 radical (unpaired) electrons. The molecule has 0 bridgehead atoms. The summed E-state index contributed by atoms with van der Waals surface area (Å²) in [5.41, 5.74) is 0.643. The fourth-order valence-electron chi connectivity index (χ4n) is 2.78. The second kappa shape index (κ2) is 8.17. The van der Waals surface area contributed by atoms with E-state index in [9.17, 15) is 14.9 Å². The second-order valence-corrected chi connectivity index (χ2v) is 6.15. The molecule has 1 aromatic heterocycles. The van der Waals surface area contributed by atoms with Gasteiger partial charge in [0, 0.05) is 30.4 Å². The molecular formula is C19H16N4O7. The van der Waals surface area contributed by atoms with Crippen LogP contribution in [0.3, 0.4) is 0 Å². The molecule has 0 unspecified atom stereocenters. The Morgan fingerprint density at radius 2 is 1.93 bits per heavy atom. The van der Waals surface area contributed by atoms with Crippen molar-refractivity contribution in [1.29, 1.82) is 0 Å². The van der Waals surface area contributed by atoms with Crippen molar-refractivity contribution in [2.45, 2.75) is 0 Å². The van der Waals surface area contributed by atoms with Crippen molar-refractivity contribution in [3.8, 4) is 28.9 Å². The summed E-state index contributed by atoms with van der Waals surface area (Å²) in [6.07, 6.45) is 0. The average molecular weight is 412 g/mol. The summed E-state index contributed by atoms with van der Waals surface area (Å²) in [6.45, 7) is 0.635. The van der Waals surface area contributed by atoms with E-state index in [1.807, 2.05) is 0 Å². The SMILES string of the molecule is COCCOc1nc(-c2ccc3c(c2)OCO3)n(C(=O)c2ccc([N+](=O)[O-])cc2)n1. The lowest BCUT2D eigenvalue weighted by molar-refractivity contribution is -0.384. The molecule has 154 valence electrons. The Bertz CT molecular complexity index is 1090. The molecule has 1 aliphatic heterocycles. The number of benzene rings is 2. The topological polar surface area (TPSA) is 128 Å². The van der Waals surface area contributed by atoms with Gasteiger partial charge in [-0.25, -0.2) is 0 Å². The van der Waals surface area contributed by atoms with Crippen LogP contribution in [0.25, 0.3) is 11.4 Å². The minimum absolute atomic E-state index is 0.00465. The third kappa shape index (κ3) is 3.78. The van der Waals surface area contributed by atoms with E-state index in [1.54, 1.807) is 18.2 Å². The lowest BCUT2D eigenvalue weighted by Gasteiger charge is -2.05. The molecule has 0 aliphatic carbocycles. The van der Waals surface area contributed by atoms with Gasteiger partial charge in [0.1, 0.15) is 6.61 Å². The van der Waals surface area contributed by atoms with E-state index in [0.717, 1.165) is 4.68 Å². The van der Waals surface area contributed by atoms with Gasteiger partial charge in [-0.2, -0.15) is 9.67 Å². The maximum atomic E-state index is 13.1. The van der Waals surface area contributed by atoms with Gasteiger partial charge in [-0.1, -0.05) is 0 Å². The summed E-state index contributed by atoms with van der Waals surface area (Å²) < 4.78 is 22.2. The lowest BCUT2D eigenvalue weighted by Crippen LogP contribution is -2.15. The first-order valence-corrected chi connectivity index (χ1v) is 8.85. The van der Waals surface area contributed by atoms with Gasteiger partial charge in [-0.3, -0.25) is 14.9 Å². The molecule has 11 heteroatoms. The van der Waals surface area contributed by atoms with Gasteiger partial charge in [0.2, 0.25) is 6.79 Å². The quantitative estimate of drug-likeness (QED) is 0.326. The van der Waals surface area contributed by atoms with Gasteiger partial charge >= 0.3 is 6.01 Å². The molecule has 1 aliphatic rings. The first kappa shape index (κ1) is 19.3. The van der Waals surface area contributed by atoms with Crippen LogP contribution in [0.1, 0.15) is 10.4 Å². The highest BCUT2D eigenvalue weighted by Crippen LogP contribution is 2.36. The molecule has 0 saturated heterocycles. The Morgan fingerprint density at radius 1 is 1.17 bits per heavy atom. The molecule has 30 heavy (non-hydrogen) atoms. The monoisotopic (exact) mass is 412 g/mol. The van der Waals surface area contributed by atoms with Crippen molar-refractivity contribution in [1.82, 2.24) is 14.8 Å². The van der Waals surface area contributed by atoms with E-state index in [4.69, 9.17) is 18.9 Å². The zero-order chi connectivity index (χ0) is 21.1.